The standard InChI is InChI=1S/C22H36N2S/c1-17-19(16-22(5,6)21(2,3)4)18-10-15-25-20(18)24(17)14-13-23-11-8-7-9-12-23/h10,15H,7-9,11-14,16H2,1-6H3. The van der Waals surface area contributed by atoms with E-state index in [2.05, 4.69) is 62.5 Å². The molecule has 0 radical (unpaired) electrons. The van der Waals surface area contributed by atoms with Crippen molar-refractivity contribution in [2.75, 3.05) is 19.6 Å². The summed E-state index contributed by atoms with van der Waals surface area (Å²) >= 11 is 1.91. The number of rotatable bonds is 5. The fraction of sp³-hybridized carbons (Fsp3) is 0.727. The highest BCUT2D eigenvalue weighted by atomic mass is 32.1. The van der Waals surface area contributed by atoms with E-state index in [0.29, 0.717) is 5.41 Å². The molecule has 1 aliphatic rings. The maximum atomic E-state index is 2.65. The van der Waals surface area contributed by atoms with Gasteiger partial charge in [-0.15, -0.1) is 11.3 Å². The van der Waals surface area contributed by atoms with E-state index in [0.717, 1.165) is 13.0 Å². The normalized spacial score (nSPS) is 17.5. The van der Waals surface area contributed by atoms with E-state index in [4.69, 9.17) is 0 Å². The maximum Gasteiger partial charge on any atom is 0.103 e. The van der Waals surface area contributed by atoms with Gasteiger partial charge in [0.05, 0.1) is 0 Å². The van der Waals surface area contributed by atoms with Crippen LogP contribution < -0.4 is 0 Å². The molecule has 3 heteroatoms. The molecule has 1 aliphatic heterocycles. The average Bonchev–Trinajstić information content (AvgIpc) is 3.09. The van der Waals surface area contributed by atoms with E-state index < -0.39 is 0 Å². The van der Waals surface area contributed by atoms with Gasteiger partial charge in [0.1, 0.15) is 4.83 Å². The van der Waals surface area contributed by atoms with Crippen molar-refractivity contribution >= 4 is 21.6 Å². The van der Waals surface area contributed by atoms with Gasteiger partial charge in [-0.2, -0.15) is 0 Å². The zero-order valence-electron chi connectivity index (χ0n) is 17.1. The van der Waals surface area contributed by atoms with Gasteiger partial charge in [-0.25, -0.2) is 0 Å². The number of piperidine rings is 1. The molecule has 0 unspecified atom stereocenters. The van der Waals surface area contributed by atoms with Crippen LogP contribution in [-0.4, -0.2) is 29.1 Å². The second-order valence-electron chi connectivity index (χ2n) is 9.57. The Morgan fingerprint density at radius 1 is 1.00 bits per heavy atom. The van der Waals surface area contributed by atoms with Crippen molar-refractivity contribution in [3.8, 4) is 0 Å². The van der Waals surface area contributed by atoms with Gasteiger partial charge < -0.3 is 9.47 Å². The first kappa shape index (κ1) is 19.0. The van der Waals surface area contributed by atoms with Crippen molar-refractivity contribution in [2.45, 2.75) is 73.8 Å². The van der Waals surface area contributed by atoms with Crippen LogP contribution in [0.4, 0.5) is 0 Å². The molecule has 2 nitrogen and oxygen atoms in total. The van der Waals surface area contributed by atoms with Gasteiger partial charge in [-0.3, -0.25) is 0 Å². The smallest absolute Gasteiger partial charge is 0.103 e. The van der Waals surface area contributed by atoms with Crippen LogP contribution in [0.3, 0.4) is 0 Å². The summed E-state index contributed by atoms with van der Waals surface area (Å²) in [4.78, 5) is 4.13. The summed E-state index contributed by atoms with van der Waals surface area (Å²) in [6, 6.07) is 2.35. The topological polar surface area (TPSA) is 8.17 Å². The molecule has 140 valence electrons. The molecule has 3 rings (SSSR count). The highest BCUT2D eigenvalue weighted by Crippen LogP contribution is 2.43. The molecule has 2 aromatic rings. The van der Waals surface area contributed by atoms with E-state index >= 15 is 0 Å². The summed E-state index contributed by atoms with van der Waals surface area (Å²) in [6.07, 6.45) is 5.33. The minimum atomic E-state index is 0.283. The van der Waals surface area contributed by atoms with Crippen LogP contribution >= 0.6 is 11.3 Å². The number of hydrogen-bond acceptors (Lipinski definition) is 2. The molecule has 1 saturated heterocycles. The second kappa shape index (κ2) is 7.08. The third-order valence-corrected chi connectivity index (χ3v) is 7.73. The maximum absolute atomic E-state index is 2.65. The van der Waals surface area contributed by atoms with Crippen molar-refractivity contribution in [3.05, 3.63) is 22.7 Å². The highest BCUT2D eigenvalue weighted by Gasteiger charge is 2.34. The van der Waals surface area contributed by atoms with E-state index in [1.54, 1.807) is 5.56 Å². The summed E-state index contributed by atoms with van der Waals surface area (Å²) in [6.45, 7) is 19.2. The first-order valence-electron chi connectivity index (χ1n) is 9.98. The molecule has 0 saturated carbocycles. The van der Waals surface area contributed by atoms with E-state index in [1.807, 2.05) is 11.3 Å². The molecule has 0 amide bonds. The minimum Gasteiger partial charge on any atom is -0.335 e. The third-order valence-electron chi connectivity index (χ3n) is 6.79. The number of aromatic nitrogens is 1. The Hall–Kier alpha value is -0.800. The molecule has 0 atom stereocenters. The van der Waals surface area contributed by atoms with Crippen LogP contribution in [-0.2, 0) is 13.0 Å². The van der Waals surface area contributed by atoms with Gasteiger partial charge in [0.25, 0.3) is 0 Å². The Kier molecular flexibility index (Phi) is 5.37. The zero-order valence-corrected chi connectivity index (χ0v) is 17.9. The predicted octanol–water partition coefficient (Wildman–Crippen LogP) is 6.11. The summed E-state index contributed by atoms with van der Waals surface area (Å²) in [5.74, 6) is 0. The van der Waals surface area contributed by atoms with Gasteiger partial charge >= 0.3 is 0 Å². The fourth-order valence-electron chi connectivity index (χ4n) is 3.87. The lowest BCUT2D eigenvalue weighted by atomic mass is 9.66. The van der Waals surface area contributed by atoms with E-state index in [9.17, 15) is 0 Å². The van der Waals surface area contributed by atoms with Crippen LogP contribution in [0.15, 0.2) is 11.4 Å². The predicted molar refractivity (Wildman–Crippen MR) is 112 cm³/mol. The summed E-state index contributed by atoms with van der Waals surface area (Å²) in [5.41, 5.74) is 3.66. The van der Waals surface area contributed by atoms with Crippen molar-refractivity contribution in [3.63, 3.8) is 0 Å². The zero-order chi connectivity index (χ0) is 18.2. The average molecular weight is 361 g/mol. The van der Waals surface area contributed by atoms with Crippen molar-refractivity contribution in [1.29, 1.82) is 0 Å². The number of likely N-dealkylation sites (tertiary alicyclic amines) is 1. The Morgan fingerprint density at radius 3 is 2.32 bits per heavy atom. The lowest BCUT2D eigenvalue weighted by Gasteiger charge is -2.39. The van der Waals surface area contributed by atoms with Crippen molar-refractivity contribution in [1.82, 2.24) is 9.47 Å². The van der Waals surface area contributed by atoms with Crippen LogP contribution in [0.5, 0.6) is 0 Å². The van der Waals surface area contributed by atoms with Gasteiger partial charge in [0.15, 0.2) is 0 Å². The molecule has 1 fully saturated rings. The summed E-state index contributed by atoms with van der Waals surface area (Å²) in [5, 5.41) is 3.77. The van der Waals surface area contributed by atoms with Crippen molar-refractivity contribution < 1.29 is 0 Å². The second-order valence-corrected chi connectivity index (χ2v) is 10.5. The molecule has 3 heterocycles. The molecule has 0 bridgehead atoms. The molecule has 0 spiro atoms. The van der Waals surface area contributed by atoms with Gasteiger partial charge in [-0.05, 0) is 67.1 Å². The third kappa shape index (κ3) is 3.83. The van der Waals surface area contributed by atoms with E-state index in [1.165, 1.54) is 54.8 Å². The minimum absolute atomic E-state index is 0.283. The van der Waals surface area contributed by atoms with Crippen LogP contribution in [0.2, 0.25) is 0 Å². The number of thiophene rings is 1. The van der Waals surface area contributed by atoms with Crippen molar-refractivity contribution in [2.24, 2.45) is 10.8 Å². The summed E-state index contributed by atoms with van der Waals surface area (Å²) in [7, 11) is 0. The van der Waals surface area contributed by atoms with Gasteiger partial charge in [-0.1, -0.05) is 41.0 Å². The first-order valence-corrected chi connectivity index (χ1v) is 10.9. The number of nitrogens with zero attached hydrogens (tertiary/aromatic N) is 2. The number of fused-ring (bicyclic) bond motifs is 1. The molecule has 2 aromatic heterocycles. The monoisotopic (exact) mass is 360 g/mol. The SMILES string of the molecule is Cc1c(CC(C)(C)C(C)(C)C)c2ccsc2n1CCN1CCCCC1. The fourth-order valence-corrected chi connectivity index (χ4v) is 4.88. The van der Waals surface area contributed by atoms with E-state index in [-0.39, 0.29) is 5.41 Å². The first-order chi connectivity index (χ1) is 11.7. The molecule has 0 N–H and O–H groups in total. The van der Waals surface area contributed by atoms with Crippen LogP contribution in [0, 0.1) is 17.8 Å². The molecule has 0 aliphatic carbocycles. The van der Waals surface area contributed by atoms with Gasteiger partial charge in [0.2, 0.25) is 0 Å². The lowest BCUT2D eigenvalue weighted by molar-refractivity contribution is 0.132. The van der Waals surface area contributed by atoms with Crippen LogP contribution in [0.1, 0.15) is 65.1 Å². The Balaban J connectivity index is 1.85. The largest absolute Gasteiger partial charge is 0.335 e. The highest BCUT2D eigenvalue weighted by molar-refractivity contribution is 7.16. The quantitative estimate of drug-likeness (QED) is 0.624. The molecule has 25 heavy (non-hydrogen) atoms. The molecular weight excluding hydrogens is 324 g/mol. The molecular formula is C22H36N2S. The lowest BCUT2D eigenvalue weighted by Crippen LogP contribution is -2.33. The summed E-state index contributed by atoms with van der Waals surface area (Å²) < 4.78 is 2.60. The van der Waals surface area contributed by atoms with Crippen LogP contribution in [0.25, 0.3) is 10.2 Å². The molecule has 0 aromatic carbocycles. The Bertz CT molecular complexity index is 708. The number of hydrogen-bond donors (Lipinski definition) is 0. The Labute approximate surface area is 158 Å². The Morgan fingerprint density at radius 2 is 1.68 bits per heavy atom. The van der Waals surface area contributed by atoms with Gasteiger partial charge in [0, 0.05) is 24.2 Å².